The normalized spacial score (nSPS) is 10.8. The Kier molecular flexibility index (Phi) is 3.59. The monoisotopic (exact) mass is 347 g/mol. The van der Waals surface area contributed by atoms with Crippen LogP contribution in [0.4, 0.5) is 11.4 Å². The standard InChI is InChI=1S/C15H11BrClN3/c1-9-2-3-11(17)13(6-9)20-12-4-5-18-14-7-10(16)8-19-15(12)14/h2-8H,1H3,(H,18,20). The third-order valence-corrected chi connectivity index (χ3v) is 3.70. The highest BCUT2D eigenvalue weighted by Crippen LogP contribution is 2.29. The molecular formula is C15H11BrClN3. The summed E-state index contributed by atoms with van der Waals surface area (Å²) in [5.74, 6) is 0. The van der Waals surface area contributed by atoms with Gasteiger partial charge in [0, 0.05) is 16.9 Å². The molecule has 0 bridgehead atoms. The van der Waals surface area contributed by atoms with Gasteiger partial charge in [-0.1, -0.05) is 17.7 Å². The zero-order valence-electron chi connectivity index (χ0n) is 10.7. The van der Waals surface area contributed by atoms with Gasteiger partial charge in [0.15, 0.2) is 0 Å². The highest BCUT2D eigenvalue weighted by molar-refractivity contribution is 9.10. The number of hydrogen-bond acceptors (Lipinski definition) is 3. The molecule has 2 heterocycles. The number of fused-ring (bicyclic) bond motifs is 1. The lowest BCUT2D eigenvalue weighted by Gasteiger charge is -2.11. The van der Waals surface area contributed by atoms with Gasteiger partial charge in [0.1, 0.15) is 5.52 Å². The molecule has 0 saturated heterocycles. The highest BCUT2D eigenvalue weighted by Gasteiger charge is 2.07. The van der Waals surface area contributed by atoms with Gasteiger partial charge < -0.3 is 5.32 Å². The van der Waals surface area contributed by atoms with Crippen molar-refractivity contribution in [2.75, 3.05) is 5.32 Å². The summed E-state index contributed by atoms with van der Waals surface area (Å²) in [4.78, 5) is 8.73. The first kappa shape index (κ1) is 13.3. The number of anilines is 2. The minimum absolute atomic E-state index is 0.678. The van der Waals surface area contributed by atoms with Gasteiger partial charge in [0.25, 0.3) is 0 Å². The van der Waals surface area contributed by atoms with E-state index in [0.717, 1.165) is 32.4 Å². The van der Waals surface area contributed by atoms with Crippen LogP contribution in [0.3, 0.4) is 0 Å². The lowest BCUT2D eigenvalue weighted by molar-refractivity contribution is 1.32. The lowest BCUT2D eigenvalue weighted by Crippen LogP contribution is -1.95. The smallest absolute Gasteiger partial charge is 0.112 e. The van der Waals surface area contributed by atoms with E-state index in [-0.39, 0.29) is 0 Å². The van der Waals surface area contributed by atoms with E-state index in [2.05, 4.69) is 31.2 Å². The minimum atomic E-state index is 0.678. The maximum atomic E-state index is 6.22. The van der Waals surface area contributed by atoms with Gasteiger partial charge in [0.2, 0.25) is 0 Å². The first-order chi connectivity index (χ1) is 9.63. The van der Waals surface area contributed by atoms with E-state index < -0.39 is 0 Å². The summed E-state index contributed by atoms with van der Waals surface area (Å²) in [6.45, 7) is 2.03. The second-order valence-corrected chi connectivity index (χ2v) is 5.81. The second-order valence-electron chi connectivity index (χ2n) is 4.49. The quantitative estimate of drug-likeness (QED) is 0.700. The fraction of sp³-hybridized carbons (Fsp3) is 0.0667. The number of nitrogens with zero attached hydrogens (tertiary/aromatic N) is 2. The molecule has 0 aliphatic carbocycles. The molecule has 100 valence electrons. The lowest BCUT2D eigenvalue weighted by atomic mass is 10.2. The maximum absolute atomic E-state index is 6.22. The zero-order valence-corrected chi connectivity index (χ0v) is 13.0. The van der Waals surface area contributed by atoms with E-state index in [1.807, 2.05) is 37.3 Å². The Hall–Kier alpha value is -1.65. The van der Waals surface area contributed by atoms with Crippen molar-refractivity contribution in [3.63, 3.8) is 0 Å². The number of aryl methyl sites for hydroxylation is 1. The summed E-state index contributed by atoms with van der Waals surface area (Å²) in [5, 5.41) is 4.00. The molecule has 5 heteroatoms. The Labute approximate surface area is 130 Å². The van der Waals surface area contributed by atoms with Crippen molar-refractivity contribution in [2.45, 2.75) is 6.92 Å². The first-order valence-electron chi connectivity index (χ1n) is 6.07. The molecule has 0 saturated carbocycles. The molecule has 0 radical (unpaired) electrons. The van der Waals surface area contributed by atoms with Gasteiger partial charge in [-0.25, -0.2) is 0 Å². The Morgan fingerprint density at radius 3 is 2.80 bits per heavy atom. The average Bonchev–Trinajstić information content (AvgIpc) is 2.43. The van der Waals surface area contributed by atoms with Crippen LogP contribution in [0.1, 0.15) is 5.56 Å². The fourth-order valence-electron chi connectivity index (χ4n) is 1.99. The Balaban J connectivity index is 2.09. The molecule has 20 heavy (non-hydrogen) atoms. The summed E-state index contributed by atoms with van der Waals surface area (Å²) < 4.78 is 0.906. The van der Waals surface area contributed by atoms with Crippen LogP contribution in [-0.4, -0.2) is 9.97 Å². The van der Waals surface area contributed by atoms with E-state index in [4.69, 9.17) is 11.6 Å². The number of benzene rings is 1. The largest absolute Gasteiger partial charge is 0.352 e. The van der Waals surface area contributed by atoms with Crippen LogP contribution in [0.5, 0.6) is 0 Å². The second kappa shape index (κ2) is 5.38. The average molecular weight is 349 g/mol. The van der Waals surface area contributed by atoms with Crippen molar-refractivity contribution < 1.29 is 0 Å². The molecule has 0 atom stereocenters. The first-order valence-corrected chi connectivity index (χ1v) is 7.24. The Morgan fingerprint density at radius 2 is 1.95 bits per heavy atom. The third kappa shape index (κ3) is 2.62. The van der Waals surface area contributed by atoms with E-state index in [9.17, 15) is 0 Å². The van der Waals surface area contributed by atoms with Gasteiger partial charge >= 0.3 is 0 Å². The van der Waals surface area contributed by atoms with Crippen LogP contribution in [0.15, 0.2) is 47.2 Å². The van der Waals surface area contributed by atoms with Crippen molar-refractivity contribution >= 4 is 49.9 Å². The minimum Gasteiger partial charge on any atom is -0.352 e. The molecule has 1 N–H and O–H groups in total. The van der Waals surface area contributed by atoms with Crippen LogP contribution >= 0.6 is 27.5 Å². The molecule has 0 amide bonds. The van der Waals surface area contributed by atoms with Crippen LogP contribution in [-0.2, 0) is 0 Å². The Bertz CT molecular complexity index is 789. The molecule has 0 aliphatic heterocycles. The predicted octanol–water partition coefficient (Wildman–Crippen LogP) is 5.10. The number of rotatable bonds is 2. The zero-order chi connectivity index (χ0) is 14.1. The van der Waals surface area contributed by atoms with Crippen molar-refractivity contribution in [1.29, 1.82) is 0 Å². The van der Waals surface area contributed by atoms with E-state index in [0.29, 0.717) is 5.02 Å². The summed E-state index contributed by atoms with van der Waals surface area (Å²) >= 11 is 9.62. The summed E-state index contributed by atoms with van der Waals surface area (Å²) in [5.41, 5.74) is 4.53. The molecule has 3 aromatic rings. The van der Waals surface area contributed by atoms with Gasteiger partial charge in [0.05, 0.1) is 21.9 Å². The van der Waals surface area contributed by atoms with E-state index in [1.54, 1.807) is 12.4 Å². The molecule has 0 unspecified atom stereocenters. The highest BCUT2D eigenvalue weighted by atomic mass is 79.9. The number of aromatic nitrogens is 2. The van der Waals surface area contributed by atoms with Crippen LogP contribution in [0.25, 0.3) is 11.0 Å². The molecule has 2 aromatic heterocycles. The molecule has 0 aliphatic rings. The van der Waals surface area contributed by atoms with Gasteiger partial charge in [-0.15, -0.1) is 0 Å². The van der Waals surface area contributed by atoms with Gasteiger partial charge in [-0.3, -0.25) is 9.97 Å². The molecule has 3 rings (SSSR count). The number of hydrogen-bond donors (Lipinski definition) is 1. The van der Waals surface area contributed by atoms with Crippen LogP contribution < -0.4 is 5.32 Å². The number of halogens is 2. The predicted molar refractivity (Wildman–Crippen MR) is 86.7 cm³/mol. The summed E-state index contributed by atoms with van der Waals surface area (Å²) in [6.07, 6.45) is 3.51. The van der Waals surface area contributed by atoms with Gasteiger partial charge in [-0.2, -0.15) is 0 Å². The third-order valence-electron chi connectivity index (χ3n) is 2.94. The van der Waals surface area contributed by atoms with Gasteiger partial charge in [-0.05, 0) is 52.7 Å². The van der Waals surface area contributed by atoms with E-state index in [1.165, 1.54) is 0 Å². The fourth-order valence-corrected chi connectivity index (χ4v) is 2.47. The van der Waals surface area contributed by atoms with Crippen LogP contribution in [0, 0.1) is 6.92 Å². The van der Waals surface area contributed by atoms with Crippen molar-refractivity contribution in [1.82, 2.24) is 9.97 Å². The summed E-state index contributed by atoms with van der Waals surface area (Å²) in [7, 11) is 0. The molecular weight excluding hydrogens is 338 g/mol. The van der Waals surface area contributed by atoms with Crippen molar-refractivity contribution in [3.05, 3.63) is 57.8 Å². The maximum Gasteiger partial charge on any atom is 0.112 e. The van der Waals surface area contributed by atoms with Crippen molar-refractivity contribution in [3.8, 4) is 0 Å². The number of nitrogens with one attached hydrogen (secondary N) is 1. The number of pyridine rings is 2. The molecule has 1 aromatic carbocycles. The van der Waals surface area contributed by atoms with Crippen LogP contribution in [0.2, 0.25) is 5.02 Å². The molecule has 3 nitrogen and oxygen atoms in total. The Morgan fingerprint density at radius 1 is 1.10 bits per heavy atom. The topological polar surface area (TPSA) is 37.8 Å². The molecule has 0 spiro atoms. The van der Waals surface area contributed by atoms with E-state index >= 15 is 0 Å². The SMILES string of the molecule is Cc1ccc(Cl)c(Nc2ccnc3cc(Br)cnc23)c1. The molecule has 0 fully saturated rings. The van der Waals surface area contributed by atoms with Crippen molar-refractivity contribution in [2.24, 2.45) is 0 Å². The summed E-state index contributed by atoms with van der Waals surface area (Å²) in [6, 6.07) is 9.70.